The Hall–Kier alpha value is -2.13. The first-order chi connectivity index (χ1) is 14.5. The standard InChI is InChI=1S/C22H26N2O5S.ClH/c1-28-18-7-9-19(10-8-18)30(26,27)23-21(17-5-3-2-4-6-17)22(25)29-20-15-24-13-11-16(20)12-14-24;/h2-10,16,20-21,23H,11-15H2,1H3;1H/t20-,21?;/m0./s1. The Kier molecular flexibility index (Phi) is 7.59. The largest absolute Gasteiger partial charge is 0.497 e. The van der Waals surface area contributed by atoms with Gasteiger partial charge in [0.25, 0.3) is 0 Å². The highest BCUT2D eigenvalue weighted by atomic mass is 35.5. The van der Waals surface area contributed by atoms with Gasteiger partial charge in [0.05, 0.1) is 12.0 Å². The van der Waals surface area contributed by atoms with Gasteiger partial charge in [-0.25, -0.2) is 13.2 Å². The van der Waals surface area contributed by atoms with Crippen LogP contribution in [0.15, 0.2) is 59.5 Å². The van der Waals surface area contributed by atoms with E-state index in [2.05, 4.69) is 9.62 Å². The molecular formula is C22H27ClN2O5S. The van der Waals surface area contributed by atoms with Crippen molar-refractivity contribution in [3.8, 4) is 5.75 Å². The van der Waals surface area contributed by atoms with Crippen molar-refractivity contribution in [1.82, 2.24) is 9.62 Å². The lowest BCUT2D eigenvalue weighted by molar-refractivity contribution is -0.161. The first-order valence-corrected chi connectivity index (χ1v) is 11.6. The summed E-state index contributed by atoms with van der Waals surface area (Å²) in [4.78, 5) is 15.5. The maximum absolute atomic E-state index is 13.1. The molecule has 0 aromatic heterocycles. The number of methoxy groups -OCH3 is 1. The van der Waals surface area contributed by atoms with Gasteiger partial charge in [-0.1, -0.05) is 30.3 Å². The number of hydrogen-bond donors (Lipinski definition) is 1. The monoisotopic (exact) mass is 466 g/mol. The molecule has 0 aliphatic carbocycles. The van der Waals surface area contributed by atoms with Gasteiger partial charge >= 0.3 is 5.97 Å². The fourth-order valence-electron chi connectivity index (χ4n) is 4.14. The van der Waals surface area contributed by atoms with E-state index in [0.29, 0.717) is 23.8 Å². The second-order valence-corrected chi connectivity index (χ2v) is 9.47. The zero-order valence-corrected chi connectivity index (χ0v) is 18.9. The summed E-state index contributed by atoms with van der Waals surface area (Å²) in [7, 11) is -2.43. The molecule has 3 fully saturated rings. The van der Waals surface area contributed by atoms with E-state index in [-0.39, 0.29) is 23.4 Å². The van der Waals surface area contributed by atoms with Gasteiger partial charge < -0.3 is 9.47 Å². The van der Waals surface area contributed by atoms with Gasteiger partial charge in [0.15, 0.2) is 0 Å². The van der Waals surface area contributed by atoms with Crippen molar-refractivity contribution in [2.24, 2.45) is 5.92 Å². The third-order valence-corrected chi connectivity index (χ3v) is 7.31. The van der Waals surface area contributed by atoms with E-state index in [0.717, 1.165) is 25.9 Å². The fourth-order valence-corrected chi connectivity index (χ4v) is 5.31. The number of nitrogens with one attached hydrogen (secondary N) is 1. The zero-order chi connectivity index (χ0) is 21.1. The van der Waals surface area contributed by atoms with Crippen LogP contribution in [-0.2, 0) is 19.6 Å². The number of esters is 1. The topological polar surface area (TPSA) is 84.9 Å². The molecule has 2 aromatic rings. The van der Waals surface area contributed by atoms with Gasteiger partial charge in [-0.3, -0.25) is 4.90 Å². The normalized spacial score (nSPS) is 23.5. The molecule has 9 heteroatoms. The van der Waals surface area contributed by atoms with E-state index in [1.165, 1.54) is 19.2 Å². The Morgan fingerprint density at radius 3 is 2.26 bits per heavy atom. The fraction of sp³-hybridized carbons (Fsp3) is 0.409. The molecule has 7 nitrogen and oxygen atoms in total. The number of rotatable bonds is 7. The van der Waals surface area contributed by atoms with Crippen LogP contribution < -0.4 is 9.46 Å². The van der Waals surface area contributed by atoms with E-state index in [1.54, 1.807) is 36.4 Å². The molecule has 3 aliphatic rings. The third-order valence-electron chi connectivity index (χ3n) is 5.88. The van der Waals surface area contributed by atoms with Crippen LogP contribution in [0, 0.1) is 5.92 Å². The van der Waals surface area contributed by atoms with Crippen LogP contribution in [0.2, 0.25) is 0 Å². The van der Waals surface area contributed by atoms with Crippen LogP contribution >= 0.6 is 12.4 Å². The zero-order valence-electron chi connectivity index (χ0n) is 17.3. The first kappa shape index (κ1) is 23.5. The van der Waals surface area contributed by atoms with Crippen molar-refractivity contribution in [3.63, 3.8) is 0 Å². The molecule has 2 aromatic carbocycles. The van der Waals surface area contributed by atoms with Crippen molar-refractivity contribution < 1.29 is 22.7 Å². The predicted octanol–water partition coefficient (Wildman–Crippen LogP) is 2.77. The van der Waals surface area contributed by atoms with Crippen LogP contribution in [0.4, 0.5) is 0 Å². The molecular weight excluding hydrogens is 440 g/mol. The molecule has 31 heavy (non-hydrogen) atoms. The quantitative estimate of drug-likeness (QED) is 0.631. The third kappa shape index (κ3) is 5.38. The number of piperidine rings is 3. The Morgan fingerprint density at radius 1 is 1.06 bits per heavy atom. The lowest BCUT2D eigenvalue weighted by Gasteiger charge is -2.44. The molecule has 3 aliphatic heterocycles. The van der Waals surface area contributed by atoms with Crippen LogP contribution in [0.25, 0.3) is 0 Å². The van der Waals surface area contributed by atoms with Crippen molar-refractivity contribution in [1.29, 1.82) is 0 Å². The molecule has 0 amide bonds. The van der Waals surface area contributed by atoms with E-state index in [4.69, 9.17) is 9.47 Å². The first-order valence-electron chi connectivity index (χ1n) is 10.1. The van der Waals surface area contributed by atoms with E-state index in [1.807, 2.05) is 6.07 Å². The van der Waals surface area contributed by atoms with Crippen LogP contribution in [0.5, 0.6) is 5.75 Å². The Morgan fingerprint density at radius 2 is 1.71 bits per heavy atom. The maximum atomic E-state index is 13.1. The summed E-state index contributed by atoms with van der Waals surface area (Å²) in [5.74, 6) is 0.320. The average Bonchev–Trinajstić information content (AvgIpc) is 2.79. The lowest BCUT2D eigenvalue weighted by Crippen LogP contribution is -2.52. The van der Waals surface area contributed by atoms with Crippen LogP contribution in [0.1, 0.15) is 24.4 Å². The Balaban J connectivity index is 0.00000272. The summed E-state index contributed by atoms with van der Waals surface area (Å²) in [5, 5.41) is 0. The molecule has 3 heterocycles. The van der Waals surface area contributed by atoms with Crippen molar-refractivity contribution in [2.75, 3.05) is 26.7 Å². The van der Waals surface area contributed by atoms with Crippen molar-refractivity contribution in [2.45, 2.75) is 29.9 Å². The summed E-state index contributed by atoms with van der Waals surface area (Å²) in [6, 6.07) is 13.7. The van der Waals surface area contributed by atoms with Gasteiger partial charge in [-0.05, 0) is 61.7 Å². The average molecular weight is 467 g/mol. The molecule has 2 atom stereocenters. The highest BCUT2D eigenvalue weighted by molar-refractivity contribution is 7.89. The number of carbonyl (C=O) groups is 1. The highest BCUT2D eigenvalue weighted by Crippen LogP contribution is 2.31. The number of fused-ring (bicyclic) bond motifs is 3. The van der Waals surface area contributed by atoms with Crippen LogP contribution in [-0.4, -0.2) is 52.1 Å². The Bertz CT molecular complexity index is 977. The van der Waals surface area contributed by atoms with Gasteiger partial charge in [0.2, 0.25) is 10.0 Å². The number of sulfonamides is 1. The molecule has 168 valence electrons. The summed E-state index contributed by atoms with van der Waals surface area (Å²) in [5.41, 5.74) is 0.542. The Labute approximate surface area is 189 Å². The van der Waals surface area contributed by atoms with E-state index >= 15 is 0 Å². The smallest absolute Gasteiger partial charge is 0.329 e. The summed E-state index contributed by atoms with van der Waals surface area (Å²) < 4.78 is 39.4. The number of ether oxygens (including phenoxy) is 2. The maximum Gasteiger partial charge on any atom is 0.329 e. The molecule has 0 spiro atoms. The molecule has 0 radical (unpaired) electrons. The van der Waals surface area contributed by atoms with Gasteiger partial charge in [0, 0.05) is 6.54 Å². The second kappa shape index (κ2) is 9.99. The molecule has 1 N–H and O–H groups in total. The van der Waals surface area contributed by atoms with Crippen molar-refractivity contribution >= 4 is 28.4 Å². The molecule has 2 bridgehead atoms. The highest BCUT2D eigenvalue weighted by Gasteiger charge is 2.38. The molecule has 3 saturated heterocycles. The number of benzene rings is 2. The minimum absolute atomic E-state index is 0. The van der Waals surface area contributed by atoms with E-state index in [9.17, 15) is 13.2 Å². The van der Waals surface area contributed by atoms with Gasteiger partial charge in [-0.2, -0.15) is 4.72 Å². The van der Waals surface area contributed by atoms with Crippen LogP contribution in [0.3, 0.4) is 0 Å². The SMILES string of the molecule is COc1ccc(S(=O)(=O)NC(C(=O)O[C@H]2CN3CCC2CC3)c2ccccc2)cc1.Cl. The lowest BCUT2D eigenvalue weighted by atomic mass is 9.86. The molecule has 0 saturated carbocycles. The molecule has 5 rings (SSSR count). The predicted molar refractivity (Wildman–Crippen MR) is 119 cm³/mol. The summed E-state index contributed by atoms with van der Waals surface area (Å²) in [6.45, 7) is 2.78. The summed E-state index contributed by atoms with van der Waals surface area (Å²) >= 11 is 0. The minimum atomic E-state index is -3.95. The van der Waals surface area contributed by atoms with Gasteiger partial charge in [0.1, 0.15) is 17.9 Å². The van der Waals surface area contributed by atoms with Gasteiger partial charge in [-0.15, -0.1) is 12.4 Å². The number of hydrogen-bond acceptors (Lipinski definition) is 6. The van der Waals surface area contributed by atoms with Crippen molar-refractivity contribution in [3.05, 3.63) is 60.2 Å². The number of nitrogens with zero attached hydrogens (tertiary/aromatic N) is 1. The number of carbonyl (C=O) groups excluding carboxylic acids is 1. The molecule has 1 unspecified atom stereocenters. The second-order valence-electron chi connectivity index (χ2n) is 7.75. The summed E-state index contributed by atoms with van der Waals surface area (Å²) in [6.07, 6.45) is 1.81. The van der Waals surface area contributed by atoms with E-state index < -0.39 is 22.0 Å². The minimum Gasteiger partial charge on any atom is -0.497 e. The number of halogens is 1.